The molecular weight excluding hydrogens is 436 g/mol. The number of hydrogen-bond donors (Lipinski definition) is 0. The zero-order chi connectivity index (χ0) is 24.6. The smallest absolute Gasteiger partial charge is 0.0581 e. The summed E-state index contributed by atoms with van der Waals surface area (Å²) in [4.78, 5) is 0. The van der Waals surface area contributed by atoms with Gasteiger partial charge in [-0.2, -0.15) is 0 Å². The Hall–Kier alpha value is -2.64. The molecule has 5 rings (SSSR count). The van der Waals surface area contributed by atoms with Gasteiger partial charge in [-0.3, -0.25) is 0 Å². The van der Waals surface area contributed by atoms with E-state index in [1.165, 1.54) is 45.9 Å². The second kappa shape index (κ2) is 9.78. The van der Waals surface area contributed by atoms with Gasteiger partial charge in [0, 0.05) is 5.41 Å². The van der Waals surface area contributed by atoms with Crippen LogP contribution in [0.2, 0.25) is 12.6 Å². The van der Waals surface area contributed by atoms with Crippen LogP contribution >= 0.6 is 0 Å². The van der Waals surface area contributed by atoms with E-state index in [4.69, 9.17) is 0 Å². The fraction of sp³-hybridized carbons (Fsp3) is 0.353. The van der Waals surface area contributed by atoms with Crippen LogP contribution in [0.4, 0.5) is 0 Å². The molecule has 0 saturated carbocycles. The van der Waals surface area contributed by atoms with Crippen LogP contribution in [0.1, 0.15) is 79.8 Å². The highest BCUT2D eigenvalue weighted by atomic mass is 28.3. The third-order valence-corrected chi connectivity index (χ3v) is 11.7. The second-order valence-electron chi connectivity index (χ2n) is 10.5. The first-order valence-corrected chi connectivity index (χ1v) is 15.8. The molecule has 1 atom stereocenters. The standard InChI is InChI=1S/C34H39Si/c1-6-34(7-2)31-16-12-11-15-29(31)30-22-21-27(23-32(30)34)25-17-19-26(20-18-25)33(35(5)8-3)28-14-10-9-13-24(28)4/h9-17,19,21-23,33H,6-8,18,20H2,1-5H3. The van der Waals surface area contributed by atoms with Crippen molar-refractivity contribution in [3.05, 3.63) is 112 Å². The second-order valence-corrected chi connectivity index (χ2v) is 13.5. The first kappa shape index (κ1) is 24.1. The minimum atomic E-state index is -0.480. The molecule has 1 radical (unpaired) electrons. The maximum absolute atomic E-state index is 2.53. The summed E-state index contributed by atoms with van der Waals surface area (Å²) < 4.78 is 0. The molecule has 0 bridgehead atoms. The summed E-state index contributed by atoms with van der Waals surface area (Å²) in [5.74, 6) is 0. The Bertz CT molecular complexity index is 1290. The van der Waals surface area contributed by atoms with Gasteiger partial charge in [-0.25, -0.2) is 0 Å². The maximum atomic E-state index is 2.53. The van der Waals surface area contributed by atoms with Crippen molar-refractivity contribution < 1.29 is 0 Å². The van der Waals surface area contributed by atoms with Crippen LogP contribution in [0.3, 0.4) is 0 Å². The van der Waals surface area contributed by atoms with Crippen molar-refractivity contribution >= 4 is 14.4 Å². The number of allylic oxidation sites excluding steroid dienone is 4. The molecule has 0 heterocycles. The van der Waals surface area contributed by atoms with Crippen molar-refractivity contribution in [2.45, 2.75) is 76.9 Å². The van der Waals surface area contributed by atoms with Crippen molar-refractivity contribution in [1.29, 1.82) is 0 Å². The fourth-order valence-corrected chi connectivity index (χ4v) is 8.83. The van der Waals surface area contributed by atoms with Crippen molar-refractivity contribution in [2.75, 3.05) is 0 Å². The van der Waals surface area contributed by atoms with E-state index < -0.39 is 8.80 Å². The van der Waals surface area contributed by atoms with Gasteiger partial charge < -0.3 is 0 Å². The van der Waals surface area contributed by atoms with E-state index >= 15 is 0 Å². The Morgan fingerprint density at radius 1 is 0.800 bits per heavy atom. The molecule has 2 aliphatic rings. The molecule has 0 amide bonds. The summed E-state index contributed by atoms with van der Waals surface area (Å²) in [5, 5.41) is 0. The van der Waals surface area contributed by atoms with Crippen LogP contribution in [0.5, 0.6) is 0 Å². The van der Waals surface area contributed by atoms with Crippen molar-refractivity contribution in [3.63, 3.8) is 0 Å². The molecule has 1 heteroatoms. The van der Waals surface area contributed by atoms with Crippen LogP contribution in [-0.4, -0.2) is 8.80 Å². The molecule has 35 heavy (non-hydrogen) atoms. The first-order valence-electron chi connectivity index (χ1n) is 13.6. The number of rotatable bonds is 7. The van der Waals surface area contributed by atoms with E-state index in [0.717, 1.165) is 19.3 Å². The van der Waals surface area contributed by atoms with Crippen molar-refractivity contribution in [1.82, 2.24) is 0 Å². The molecule has 3 aromatic rings. The van der Waals surface area contributed by atoms with Gasteiger partial charge in [0.15, 0.2) is 0 Å². The Kier molecular flexibility index (Phi) is 6.73. The fourth-order valence-electron chi connectivity index (χ4n) is 6.70. The number of aryl methyl sites for hydroxylation is 1. The van der Waals surface area contributed by atoms with Gasteiger partial charge in [-0.1, -0.05) is 112 Å². The van der Waals surface area contributed by atoms with Gasteiger partial charge in [0.25, 0.3) is 0 Å². The Labute approximate surface area is 214 Å². The van der Waals surface area contributed by atoms with E-state index in [1.807, 2.05) is 0 Å². The zero-order valence-electron chi connectivity index (χ0n) is 22.1. The molecule has 0 nitrogen and oxygen atoms in total. The molecule has 0 fully saturated rings. The van der Waals surface area contributed by atoms with Crippen LogP contribution in [0, 0.1) is 6.92 Å². The lowest BCUT2D eigenvalue weighted by molar-refractivity contribution is 0.490. The third-order valence-electron chi connectivity index (χ3n) is 8.95. The molecule has 3 aromatic carbocycles. The van der Waals surface area contributed by atoms with Crippen LogP contribution in [-0.2, 0) is 5.41 Å². The highest BCUT2D eigenvalue weighted by molar-refractivity contribution is 6.59. The summed E-state index contributed by atoms with van der Waals surface area (Å²) >= 11 is 0. The lowest BCUT2D eigenvalue weighted by atomic mass is 9.73. The normalized spacial score (nSPS) is 17.0. The van der Waals surface area contributed by atoms with Crippen molar-refractivity contribution in [2.24, 2.45) is 0 Å². The van der Waals surface area contributed by atoms with E-state index in [-0.39, 0.29) is 5.41 Å². The zero-order valence-corrected chi connectivity index (χ0v) is 23.1. The first-order chi connectivity index (χ1) is 17.0. The topological polar surface area (TPSA) is 0 Å². The average Bonchev–Trinajstić information content (AvgIpc) is 3.19. The summed E-state index contributed by atoms with van der Waals surface area (Å²) in [7, 11) is -0.480. The van der Waals surface area contributed by atoms with Gasteiger partial charge in [-0.05, 0) is 88.7 Å². The van der Waals surface area contributed by atoms with Gasteiger partial charge in [0.2, 0.25) is 0 Å². The molecule has 0 N–H and O–H groups in total. The monoisotopic (exact) mass is 475 g/mol. The Balaban J connectivity index is 1.53. The van der Waals surface area contributed by atoms with Gasteiger partial charge in [-0.15, -0.1) is 0 Å². The van der Waals surface area contributed by atoms with E-state index in [2.05, 4.69) is 113 Å². The van der Waals surface area contributed by atoms with E-state index in [1.54, 1.807) is 16.7 Å². The Morgan fingerprint density at radius 3 is 2.20 bits per heavy atom. The van der Waals surface area contributed by atoms with Crippen molar-refractivity contribution in [3.8, 4) is 11.1 Å². The molecular formula is C34H39Si. The number of hydrogen-bond acceptors (Lipinski definition) is 0. The minimum Gasteiger partial charge on any atom is -0.0703 e. The SMILES string of the molecule is CC[Si](C)C(C1=CC=C(c2ccc3c(c2)C(CC)(CC)c2ccccc2-3)CC1)c1ccccc1C. The van der Waals surface area contributed by atoms with Gasteiger partial charge in [0.05, 0.1) is 8.80 Å². The summed E-state index contributed by atoms with van der Waals surface area (Å²) in [6, 6.07) is 26.8. The minimum absolute atomic E-state index is 0.148. The molecule has 2 aliphatic carbocycles. The predicted molar refractivity (Wildman–Crippen MR) is 155 cm³/mol. The third kappa shape index (κ3) is 3.98. The van der Waals surface area contributed by atoms with E-state index in [9.17, 15) is 0 Å². The quantitative estimate of drug-likeness (QED) is 0.298. The molecule has 1 unspecified atom stereocenters. The Morgan fingerprint density at radius 2 is 1.51 bits per heavy atom. The van der Waals surface area contributed by atoms with Gasteiger partial charge in [0.1, 0.15) is 0 Å². The van der Waals surface area contributed by atoms with Crippen LogP contribution in [0.15, 0.2) is 84.5 Å². The lowest BCUT2D eigenvalue weighted by Gasteiger charge is -2.31. The summed E-state index contributed by atoms with van der Waals surface area (Å²) in [6.45, 7) is 11.9. The van der Waals surface area contributed by atoms with Gasteiger partial charge >= 0.3 is 0 Å². The molecule has 0 saturated heterocycles. The average molecular weight is 476 g/mol. The lowest BCUT2D eigenvalue weighted by Crippen LogP contribution is -2.23. The number of fused-ring (bicyclic) bond motifs is 3. The predicted octanol–water partition coefficient (Wildman–Crippen LogP) is 9.65. The summed E-state index contributed by atoms with van der Waals surface area (Å²) in [5.41, 5.74) is 14.3. The highest BCUT2D eigenvalue weighted by Crippen LogP contribution is 2.53. The van der Waals surface area contributed by atoms with Crippen LogP contribution < -0.4 is 0 Å². The largest absolute Gasteiger partial charge is 0.0703 e. The highest BCUT2D eigenvalue weighted by Gasteiger charge is 2.40. The molecule has 179 valence electrons. The molecule has 0 aromatic heterocycles. The molecule has 0 aliphatic heterocycles. The van der Waals surface area contributed by atoms with E-state index in [0.29, 0.717) is 5.54 Å². The van der Waals surface area contributed by atoms with Crippen LogP contribution in [0.25, 0.3) is 16.7 Å². The maximum Gasteiger partial charge on any atom is 0.0581 e. The molecule has 0 spiro atoms. The summed E-state index contributed by atoms with van der Waals surface area (Å²) in [6.07, 6.45) is 9.54. The number of benzene rings is 3.